The molecule has 0 bridgehead atoms. The number of nitriles is 1. The molecule has 118 valence electrons. The average molecular weight is 336 g/mol. The maximum atomic E-state index is 9.07. The fraction of sp³-hybridized carbons (Fsp3) is 0.0556. The third kappa shape index (κ3) is 3.00. The zero-order valence-electron chi connectivity index (χ0n) is 12.9. The van der Waals surface area contributed by atoms with E-state index in [2.05, 4.69) is 21.4 Å². The minimum absolute atomic E-state index is 0.267. The third-order valence-corrected chi connectivity index (χ3v) is 3.95. The summed E-state index contributed by atoms with van der Waals surface area (Å²) in [6.07, 6.45) is 1.57. The van der Waals surface area contributed by atoms with Gasteiger partial charge >= 0.3 is 0 Å². The highest BCUT2D eigenvalue weighted by molar-refractivity contribution is 6.36. The molecule has 0 saturated carbocycles. The van der Waals surface area contributed by atoms with Gasteiger partial charge in [0.25, 0.3) is 0 Å². The van der Waals surface area contributed by atoms with Gasteiger partial charge in [0.2, 0.25) is 0 Å². The number of aromatic nitrogens is 1. The molecule has 0 aliphatic rings. The van der Waals surface area contributed by atoms with Crippen LogP contribution in [0.5, 0.6) is 0 Å². The summed E-state index contributed by atoms with van der Waals surface area (Å²) < 4.78 is 0. The van der Waals surface area contributed by atoms with Crippen molar-refractivity contribution in [1.82, 2.24) is 4.98 Å². The molecule has 0 atom stereocenters. The molecular formula is C18H14ClN5. The van der Waals surface area contributed by atoms with Gasteiger partial charge in [-0.2, -0.15) is 5.26 Å². The Hall–Kier alpha value is -3.10. The second kappa shape index (κ2) is 6.57. The Labute approximate surface area is 144 Å². The van der Waals surface area contributed by atoms with Crippen LogP contribution in [0.3, 0.4) is 0 Å². The van der Waals surface area contributed by atoms with Crippen LogP contribution in [0.2, 0.25) is 5.02 Å². The smallest absolute Gasteiger partial charge is 0.194 e. The molecule has 5 nitrogen and oxygen atoms in total. The van der Waals surface area contributed by atoms with E-state index in [1.54, 1.807) is 19.3 Å². The first-order valence-corrected chi connectivity index (χ1v) is 7.58. The number of aliphatic imine (C=N–C) groups is 1. The quantitative estimate of drug-likeness (QED) is 0.551. The maximum Gasteiger partial charge on any atom is 0.194 e. The summed E-state index contributed by atoms with van der Waals surface area (Å²) >= 11 is 6.25. The highest BCUT2D eigenvalue weighted by Crippen LogP contribution is 2.32. The Bertz CT molecular complexity index is 988. The lowest BCUT2D eigenvalue weighted by molar-refractivity contribution is 1.32. The van der Waals surface area contributed by atoms with Gasteiger partial charge in [0, 0.05) is 24.0 Å². The van der Waals surface area contributed by atoms with Gasteiger partial charge in [0.05, 0.1) is 16.7 Å². The van der Waals surface area contributed by atoms with Gasteiger partial charge in [-0.3, -0.25) is 4.99 Å². The van der Waals surface area contributed by atoms with Crippen molar-refractivity contribution in [3.05, 3.63) is 59.2 Å². The van der Waals surface area contributed by atoms with Crippen LogP contribution in [0.25, 0.3) is 21.9 Å². The Morgan fingerprint density at radius 2 is 2.00 bits per heavy atom. The predicted octanol–water partition coefficient (Wildman–Crippen LogP) is 3.78. The number of hydrogen-bond acceptors (Lipinski definition) is 3. The van der Waals surface area contributed by atoms with Crippen molar-refractivity contribution in [3.63, 3.8) is 0 Å². The predicted molar refractivity (Wildman–Crippen MR) is 98.1 cm³/mol. The lowest BCUT2D eigenvalue weighted by Crippen LogP contribution is -2.22. The summed E-state index contributed by atoms with van der Waals surface area (Å²) in [7, 11) is 1.60. The number of nitrogens with two attached hydrogens (primary N) is 1. The number of halogens is 1. The Morgan fingerprint density at radius 1 is 1.21 bits per heavy atom. The number of benzene rings is 2. The fourth-order valence-electron chi connectivity index (χ4n) is 2.43. The molecular weight excluding hydrogens is 322 g/mol. The molecule has 1 aromatic heterocycles. The molecule has 0 unspecified atom stereocenters. The summed E-state index contributed by atoms with van der Waals surface area (Å²) in [5.74, 6) is 0.846. The first kappa shape index (κ1) is 15.8. The molecule has 0 saturated heterocycles. The van der Waals surface area contributed by atoms with Gasteiger partial charge in [-0.15, -0.1) is 0 Å². The minimum atomic E-state index is 0.267. The lowest BCUT2D eigenvalue weighted by atomic mass is 10.0. The van der Waals surface area contributed by atoms with Crippen LogP contribution < -0.4 is 11.1 Å². The van der Waals surface area contributed by atoms with E-state index in [4.69, 9.17) is 22.6 Å². The van der Waals surface area contributed by atoms with Crippen LogP contribution in [-0.2, 0) is 0 Å². The second-order valence-corrected chi connectivity index (χ2v) is 5.55. The highest BCUT2D eigenvalue weighted by atomic mass is 35.5. The molecule has 0 aliphatic carbocycles. The van der Waals surface area contributed by atoms with Crippen molar-refractivity contribution < 1.29 is 0 Å². The van der Waals surface area contributed by atoms with Crippen molar-refractivity contribution in [3.8, 4) is 17.2 Å². The number of fused-ring (bicyclic) bond motifs is 1. The van der Waals surface area contributed by atoms with Gasteiger partial charge in [-0.1, -0.05) is 35.9 Å². The highest BCUT2D eigenvalue weighted by Gasteiger charge is 2.09. The van der Waals surface area contributed by atoms with Crippen LogP contribution in [-0.4, -0.2) is 18.0 Å². The van der Waals surface area contributed by atoms with Crippen molar-refractivity contribution in [1.29, 1.82) is 5.26 Å². The molecule has 3 aromatic rings. The van der Waals surface area contributed by atoms with Crippen molar-refractivity contribution >= 4 is 34.2 Å². The van der Waals surface area contributed by atoms with Gasteiger partial charge < -0.3 is 11.1 Å². The number of pyridine rings is 1. The molecule has 2 aromatic carbocycles. The van der Waals surface area contributed by atoms with Gasteiger partial charge in [-0.25, -0.2) is 4.98 Å². The molecule has 24 heavy (non-hydrogen) atoms. The standard InChI is InChI=1S/C18H14ClN5/c1-22-18(21)24-17-15-8-13(5-6-14(15)16(19)10-23-17)12-4-2-3-11(7-12)9-20/h2-8,10H,1H3,(H3,21,22,23,24). The fourth-order valence-corrected chi connectivity index (χ4v) is 2.65. The van der Waals surface area contributed by atoms with Crippen LogP contribution >= 0.6 is 11.6 Å². The minimum Gasteiger partial charge on any atom is -0.370 e. The van der Waals surface area contributed by atoms with Crippen LogP contribution in [0.4, 0.5) is 5.82 Å². The Balaban J connectivity index is 2.18. The molecule has 0 radical (unpaired) electrons. The van der Waals surface area contributed by atoms with E-state index in [9.17, 15) is 0 Å². The topological polar surface area (TPSA) is 87.1 Å². The van der Waals surface area contributed by atoms with Gasteiger partial charge in [-0.05, 0) is 29.3 Å². The lowest BCUT2D eigenvalue weighted by Gasteiger charge is -2.11. The monoisotopic (exact) mass is 335 g/mol. The summed E-state index contributed by atoms with van der Waals surface area (Å²) in [4.78, 5) is 8.20. The first-order valence-electron chi connectivity index (χ1n) is 7.20. The number of nitrogens with one attached hydrogen (secondary N) is 1. The Morgan fingerprint density at radius 3 is 2.75 bits per heavy atom. The van der Waals surface area contributed by atoms with E-state index < -0.39 is 0 Å². The van der Waals surface area contributed by atoms with Crippen LogP contribution in [0.15, 0.2) is 53.7 Å². The van der Waals surface area contributed by atoms with Crippen molar-refractivity contribution in [2.45, 2.75) is 0 Å². The summed E-state index contributed by atoms with van der Waals surface area (Å²) in [6.45, 7) is 0. The van der Waals surface area contributed by atoms with E-state index in [0.29, 0.717) is 16.4 Å². The summed E-state index contributed by atoms with van der Waals surface area (Å²) in [5.41, 5.74) is 8.26. The van der Waals surface area contributed by atoms with E-state index in [-0.39, 0.29) is 5.96 Å². The molecule has 3 N–H and O–H groups in total. The molecule has 6 heteroatoms. The number of anilines is 1. The van der Waals surface area contributed by atoms with Crippen molar-refractivity contribution in [2.75, 3.05) is 12.4 Å². The van der Waals surface area contributed by atoms with Crippen LogP contribution in [0.1, 0.15) is 5.56 Å². The molecule has 1 heterocycles. The van der Waals surface area contributed by atoms with Crippen molar-refractivity contribution in [2.24, 2.45) is 10.7 Å². The maximum absolute atomic E-state index is 9.07. The van der Waals surface area contributed by atoms with Crippen LogP contribution in [0, 0.1) is 11.3 Å². The van der Waals surface area contributed by atoms with E-state index in [0.717, 1.165) is 21.9 Å². The normalized spacial score (nSPS) is 11.3. The SMILES string of the molecule is CN=C(N)Nc1ncc(Cl)c2ccc(-c3cccc(C#N)c3)cc12. The first-order chi connectivity index (χ1) is 11.6. The zero-order chi connectivity index (χ0) is 17.1. The largest absolute Gasteiger partial charge is 0.370 e. The molecule has 3 rings (SSSR count). The molecule has 0 spiro atoms. The van der Waals surface area contributed by atoms with E-state index in [1.807, 2.05) is 36.4 Å². The average Bonchev–Trinajstić information content (AvgIpc) is 2.63. The third-order valence-electron chi connectivity index (χ3n) is 3.65. The molecule has 0 amide bonds. The summed E-state index contributed by atoms with van der Waals surface area (Å²) in [6, 6.07) is 15.4. The van der Waals surface area contributed by atoms with Gasteiger partial charge in [0.1, 0.15) is 5.82 Å². The van der Waals surface area contributed by atoms with Gasteiger partial charge in [0.15, 0.2) is 5.96 Å². The second-order valence-electron chi connectivity index (χ2n) is 5.14. The number of guanidine groups is 1. The summed E-state index contributed by atoms with van der Waals surface area (Å²) in [5, 5.41) is 14.3. The number of rotatable bonds is 2. The zero-order valence-corrected chi connectivity index (χ0v) is 13.7. The van der Waals surface area contributed by atoms with E-state index >= 15 is 0 Å². The molecule has 0 fully saturated rings. The molecule has 0 aliphatic heterocycles. The Kier molecular flexibility index (Phi) is 4.32. The number of nitrogens with zero attached hydrogens (tertiary/aromatic N) is 3. The number of hydrogen-bond donors (Lipinski definition) is 2. The van der Waals surface area contributed by atoms with E-state index in [1.165, 1.54) is 0 Å².